The molecule has 5 heteroatoms. The van der Waals surface area contributed by atoms with Crippen LogP contribution in [0.2, 0.25) is 0 Å². The van der Waals surface area contributed by atoms with Crippen molar-refractivity contribution in [3.8, 4) is 0 Å². The molecule has 0 saturated carbocycles. The zero-order valence-electron chi connectivity index (χ0n) is 13.4. The first-order valence-corrected chi connectivity index (χ1v) is 7.42. The van der Waals surface area contributed by atoms with Crippen LogP contribution in [0, 0.1) is 0 Å². The number of rotatable bonds is 8. The van der Waals surface area contributed by atoms with Crippen LogP contribution in [-0.2, 0) is 10.2 Å². The Labute approximate surface area is 126 Å². The summed E-state index contributed by atoms with van der Waals surface area (Å²) in [4.78, 5) is 15.7. The fourth-order valence-electron chi connectivity index (χ4n) is 1.73. The van der Waals surface area contributed by atoms with Crippen molar-refractivity contribution in [1.82, 2.24) is 4.98 Å². The molecule has 0 amide bonds. The molecule has 0 unspecified atom stereocenters. The van der Waals surface area contributed by atoms with Crippen molar-refractivity contribution in [2.45, 2.75) is 46.0 Å². The van der Waals surface area contributed by atoms with E-state index in [1.54, 1.807) is 12.1 Å². The molecule has 0 spiro atoms. The number of nitrogens with one attached hydrogen (secondary N) is 1. The van der Waals surface area contributed by atoms with Crippen LogP contribution in [-0.4, -0.2) is 35.8 Å². The standard InChI is InChI=1S/C16H26N2O3/c1-5-6-8-21-9-7-17-14-11-12(15(19)20)10-13(18-14)16(2,3)4/h10-11H,5-9H2,1-4H3,(H,17,18)(H,19,20). The fourth-order valence-corrected chi connectivity index (χ4v) is 1.73. The summed E-state index contributed by atoms with van der Waals surface area (Å²) in [6.45, 7) is 10.1. The molecule has 0 saturated heterocycles. The van der Waals surface area contributed by atoms with Crippen molar-refractivity contribution in [2.75, 3.05) is 25.1 Å². The van der Waals surface area contributed by atoms with Gasteiger partial charge in [-0.15, -0.1) is 0 Å². The van der Waals surface area contributed by atoms with Crippen molar-refractivity contribution in [2.24, 2.45) is 0 Å². The van der Waals surface area contributed by atoms with Crippen LogP contribution >= 0.6 is 0 Å². The van der Waals surface area contributed by atoms with Crippen molar-refractivity contribution >= 4 is 11.8 Å². The largest absolute Gasteiger partial charge is 0.478 e. The molecule has 21 heavy (non-hydrogen) atoms. The van der Waals surface area contributed by atoms with E-state index >= 15 is 0 Å². The van der Waals surface area contributed by atoms with Crippen molar-refractivity contribution in [3.05, 3.63) is 23.4 Å². The van der Waals surface area contributed by atoms with E-state index in [-0.39, 0.29) is 11.0 Å². The van der Waals surface area contributed by atoms with Gasteiger partial charge in [0.1, 0.15) is 5.82 Å². The van der Waals surface area contributed by atoms with Crippen molar-refractivity contribution < 1.29 is 14.6 Å². The van der Waals surface area contributed by atoms with Gasteiger partial charge in [0.2, 0.25) is 0 Å². The Balaban J connectivity index is 2.68. The van der Waals surface area contributed by atoms with Gasteiger partial charge in [-0.25, -0.2) is 9.78 Å². The first kappa shape index (κ1) is 17.4. The Kier molecular flexibility index (Phi) is 6.62. The lowest BCUT2D eigenvalue weighted by Gasteiger charge is -2.19. The predicted octanol–water partition coefficient (Wildman–Crippen LogP) is 3.31. The van der Waals surface area contributed by atoms with E-state index in [1.807, 2.05) is 20.8 Å². The number of unbranched alkanes of at least 4 members (excludes halogenated alkanes) is 1. The molecule has 0 radical (unpaired) electrons. The van der Waals surface area contributed by atoms with Gasteiger partial charge in [-0.05, 0) is 18.6 Å². The molecule has 1 rings (SSSR count). The highest BCUT2D eigenvalue weighted by molar-refractivity contribution is 5.88. The van der Waals surface area contributed by atoms with Crippen LogP contribution in [0.3, 0.4) is 0 Å². The van der Waals surface area contributed by atoms with Crippen LogP contribution in [0.25, 0.3) is 0 Å². The summed E-state index contributed by atoms with van der Waals surface area (Å²) < 4.78 is 5.46. The highest BCUT2D eigenvalue weighted by atomic mass is 16.5. The number of aromatic nitrogens is 1. The molecule has 0 aliphatic rings. The lowest BCUT2D eigenvalue weighted by Crippen LogP contribution is -2.18. The van der Waals surface area contributed by atoms with Gasteiger partial charge in [-0.1, -0.05) is 34.1 Å². The van der Waals surface area contributed by atoms with Gasteiger partial charge in [0.15, 0.2) is 0 Å². The number of nitrogens with zero attached hydrogens (tertiary/aromatic N) is 1. The zero-order chi connectivity index (χ0) is 15.9. The minimum absolute atomic E-state index is 0.195. The molecule has 0 aromatic carbocycles. The first-order valence-electron chi connectivity index (χ1n) is 7.42. The van der Waals surface area contributed by atoms with Crippen LogP contribution in [0.5, 0.6) is 0 Å². The third-order valence-corrected chi connectivity index (χ3v) is 3.04. The maximum Gasteiger partial charge on any atom is 0.335 e. The second-order valence-corrected chi connectivity index (χ2v) is 6.07. The molecule has 0 bridgehead atoms. The highest BCUT2D eigenvalue weighted by Gasteiger charge is 2.18. The van der Waals surface area contributed by atoms with Crippen LogP contribution in [0.1, 0.15) is 56.6 Å². The van der Waals surface area contributed by atoms with Gasteiger partial charge in [0.05, 0.1) is 12.2 Å². The van der Waals surface area contributed by atoms with Crippen LogP contribution < -0.4 is 5.32 Å². The normalized spacial score (nSPS) is 11.4. The number of carboxylic acids is 1. The summed E-state index contributed by atoms with van der Waals surface area (Å²) in [7, 11) is 0. The molecule has 1 aromatic rings. The Bertz CT molecular complexity index is 467. The van der Waals surface area contributed by atoms with Gasteiger partial charge in [0.25, 0.3) is 0 Å². The topological polar surface area (TPSA) is 71.5 Å². The summed E-state index contributed by atoms with van der Waals surface area (Å²) in [5.74, 6) is -0.357. The number of anilines is 1. The number of aromatic carboxylic acids is 1. The quantitative estimate of drug-likeness (QED) is 0.720. The smallest absolute Gasteiger partial charge is 0.335 e. The van der Waals surface area contributed by atoms with Crippen molar-refractivity contribution in [3.63, 3.8) is 0 Å². The summed E-state index contributed by atoms with van der Waals surface area (Å²) in [6, 6.07) is 3.19. The number of ether oxygens (including phenoxy) is 1. The zero-order valence-corrected chi connectivity index (χ0v) is 13.4. The fraction of sp³-hybridized carbons (Fsp3) is 0.625. The second-order valence-electron chi connectivity index (χ2n) is 6.07. The van der Waals surface area contributed by atoms with Crippen LogP contribution in [0.4, 0.5) is 5.82 Å². The molecule has 2 N–H and O–H groups in total. The average Bonchev–Trinajstić information content (AvgIpc) is 2.41. The maximum absolute atomic E-state index is 11.2. The molecular formula is C16H26N2O3. The van der Waals surface area contributed by atoms with E-state index in [2.05, 4.69) is 17.2 Å². The molecule has 0 atom stereocenters. The van der Waals surface area contributed by atoms with Gasteiger partial charge in [0, 0.05) is 24.3 Å². The van der Waals surface area contributed by atoms with Gasteiger partial charge in [-0.3, -0.25) is 0 Å². The Hall–Kier alpha value is -1.62. The van der Waals surface area contributed by atoms with Crippen molar-refractivity contribution in [1.29, 1.82) is 0 Å². The minimum atomic E-state index is -0.940. The first-order chi connectivity index (χ1) is 9.84. The highest BCUT2D eigenvalue weighted by Crippen LogP contribution is 2.23. The number of hydrogen-bond acceptors (Lipinski definition) is 4. The summed E-state index contributed by atoms with van der Waals surface area (Å²) in [5.41, 5.74) is 0.820. The summed E-state index contributed by atoms with van der Waals surface area (Å²) >= 11 is 0. The second kappa shape index (κ2) is 7.98. The molecule has 5 nitrogen and oxygen atoms in total. The third-order valence-electron chi connectivity index (χ3n) is 3.04. The summed E-state index contributed by atoms with van der Waals surface area (Å²) in [5, 5.41) is 12.3. The van der Waals surface area contributed by atoms with E-state index in [9.17, 15) is 9.90 Å². The molecule has 1 aromatic heterocycles. The third kappa shape index (κ3) is 6.12. The van der Waals surface area contributed by atoms with E-state index < -0.39 is 5.97 Å². The molecule has 118 valence electrons. The molecular weight excluding hydrogens is 268 g/mol. The van der Waals surface area contributed by atoms with E-state index in [0.29, 0.717) is 19.0 Å². The average molecular weight is 294 g/mol. The molecule has 0 aliphatic heterocycles. The molecule has 1 heterocycles. The predicted molar refractivity (Wildman–Crippen MR) is 84.1 cm³/mol. The van der Waals surface area contributed by atoms with E-state index in [4.69, 9.17) is 4.74 Å². The number of carboxylic acid groups (broad SMARTS) is 1. The Morgan fingerprint density at radius 3 is 2.62 bits per heavy atom. The minimum Gasteiger partial charge on any atom is -0.478 e. The Morgan fingerprint density at radius 1 is 1.33 bits per heavy atom. The number of hydrogen-bond donors (Lipinski definition) is 2. The van der Waals surface area contributed by atoms with E-state index in [1.165, 1.54) is 0 Å². The number of pyridine rings is 1. The Morgan fingerprint density at radius 2 is 2.05 bits per heavy atom. The lowest BCUT2D eigenvalue weighted by molar-refractivity contribution is 0.0696. The molecule has 0 fully saturated rings. The van der Waals surface area contributed by atoms with Gasteiger partial charge < -0.3 is 15.2 Å². The lowest BCUT2D eigenvalue weighted by atomic mass is 9.91. The van der Waals surface area contributed by atoms with Gasteiger partial charge >= 0.3 is 5.97 Å². The SMILES string of the molecule is CCCCOCCNc1cc(C(=O)O)cc(C(C)(C)C)n1. The molecule has 0 aliphatic carbocycles. The van der Waals surface area contributed by atoms with Crippen LogP contribution in [0.15, 0.2) is 12.1 Å². The number of carbonyl (C=O) groups is 1. The monoisotopic (exact) mass is 294 g/mol. The summed E-state index contributed by atoms with van der Waals surface area (Å²) in [6.07, 6.45) is 2.17. The maximum atomic E-state index is 11.2. The van der Waals surface area contributed by atoms with E-state index in [0.717, 1.165) is 25.1 Å². The van der Waals surface area contributed by atoms with Gasteiger partial charge in [-0.2, -0.15) is 0 Å².